The Kier molecular flexibility index (Phi) is 4.73. The van der Waals surface area contributed by atoms with Crippen LogP contribution in [0.25, 0.3) is 10.6 Å². The number of halogens is 1. The van der Waals surface area contributed by atoms with Crippen LogP contribution in [0.15, 0.2) is 29.6 Å². The van der Waals surface area contributed by atoms with Crippen LogP contribution in [0.2, 0.25) is 0 Å². The van der Waals surface area contributed by atoms with Gasteiger partial charge in [0.1, 0.15) is 12.8 Å². The first kappa shape index (κ1) is 13.4. The number of benzene rings is 1. The Morgan fingerprint density at radius 2 is 1.81 bits per heavy atom. The maximum absolute atomic E-state index is 5.14. The molecule has 0 aliphatic rings. The molecule has 1 aromatic carbocycles. The van der Waals surface area contributed by atoms with Crippen LogP contribution in [0.5, 0.6) is 5.75 Å². The van der Waals surface area contributed by atoms with Gasteiger partial charge in [0, 0.05) is 6.92 Å². The topological polar surface area (TPSA) is 13.1 Å². The minimum Gasteiger partial charge on any atom is -1.00 e. The standard InChI is InChI=1S/C12H14NOS.HI/c1-9-8-15-12(13(9)2)10-4-6-11(14-3)7-5-10;/h4-8H,1-3H3;1H/q+1;/p-1. The number of ether oxygens (including phenoxy) is 1. The molecule has 0 atom stereocenters. The zero-order valence-electron chi connectivity index (χ0n) is 9.53. The van der Waals surface area contributed by atoms with Gasteiger partial charge in [-0.25, -0.2) is 0 Å². The fraction of sp³-hybridized carbons (Fsp3) is 0.250. The summed E-state index contributed by atoms with van der Waals surface area (Å²) in [7, 11) is 3.77. The summed E-state index contributed by atoms with van der Waals surface area (Å²) in [6.45, 7) is 2.11. The van der Waals surface area contributed by atoms with E-state index in [2.05, 4.69) is 36.1 Å². The van der Waals surface area contributed by atoms with Crippen molar-refractivity contribution in [2.45, 2.75) is 6.92 Å². The second-order valence-corrected chi connectivity index (χ2v) is 4.33. The van der Waals surface area contributed by atoms with Gasteiger partial charge in [-0.3, -0.25) is 0 Å². The first-order valence-corrected chi connectivity index (χ1v) is 5.69. The Hall–Kier alpha value is -0.620. The van der Waals surface area contributed by atoms with Crippen molar-refractivity contribution in [3.63, 3.8) is 0 Å². The Morgan fingerprint density at radius 3 is 2.25 bits per heavy atom. The number of nitrogens with zero attached hydrogens (tertiary/aromatic N) is 1. The smallest absolute Gasteiger partial charge is 0.268 e. The van der Waals surface area contributed by atoms with Crippen LogP contribution < -0.4 is 33.3 Å². The fourth-order valence-corrected chi connectivity index (χ4v) is 2.47. The second kappa shape index (κ2) is 5.63. The van der Waals surface area contributed by atoms with Crippen LogP contribution in [-0.4, -0.2) is 7.11 Å². The number of rotatable bonds is 2. The fourth-order valence-electron chi connectivity index (χ4n) is 1.45. The van der Waals surface area contributed by atoms with Gasteiger partial charge in [0.15, 0.2) is 5.69 Å². The van der Waals surface area contributed by atoms with Gasteiger partial charge in [0.25, 0.3) is 5.01 Å². The van der Waals surface area contributed by atoms with E-state index in [4.69, 9.17) is 4.74 Å². The number of aromatic nitrogens is 1. The van der Waals surface area contributed by atoms with Gasteiger partial charge >= 0.3 is 0 Å². The minimum absolute atomic E-state index is 0. The van der Waals surface area contributed by atoms with Crippen molar-refractivity contribution >= 4 is 11.3 Å². The lowest BCUT2D eigenvalue weighted by molar-refractivity contribution is -0.662. The SMILES string of the molecule is COc1ccc(-c2scc(C)[n+]2C)cc1.[I-]. The molecule has 0 saturated heterocycles. The van der Waals surface area contributed by atoms with Crippen molar-refractivity contribution in [2.24, 2.45) is 7.05 Å². The average Bonchev–Trinajstić information content (AvgIpc) is 2.60. The summed E-state index contributed by atoms with van der Waals surface area (Å²) in [5.74, 6) is 0.898. The highest BCUT2D eigenvalue weighted by Crippen LogP contribution is 2.23. The summed E-state index contributed by atoms with van der Waals surface area (Å²) >= 11 is 1.76. The van der Waals surface area contributed by atoms with E-state index in [1.165, 1.54) is 16.3 Å². The molecule has 0 radical (unpaired) electrons. The molecule has 2 aromatic rings. The molecule has 86 valence electrons. The average molecular weight is 347 g/mol. The maximum Gasteiger partial charge on any atom is 0.268 e. The molecule has 0 amide bonds. The zero-order chi connectivity index (χ0) is 10.8. The van der Waals surface area contributed by atoms with Crippen molar-refractivity contribution in [1.29, 1.82) is 0 Å². The lowest BCUT2D eigenvalue weighted by Crippen LogP contribution is -3.00. The van der Waals surface area contributed by atoms with Crippen molar-refractivity contribution in [3.8, 4) is 16.3 Å². The molecule has 0 aliphatic carbocycles. The van der Waals surface area contributed by atoms with Gasteiger partial charge < -0.3 is 28.7 Å². The molecule has 2 rings (SSSR count). The van der Waals surface area contributed by atoms with Crippen LogP contribution in [-0.2, 0) is 7.05 Å². The van der Waals surface area contributed by atoms with Crippen LogP contribution in [0.1, 0.15) is 5.69 Å². The van der Waals surface area contributed by atoms with Crippen molar-refractivity contribution in [3.05, 3.63) is 35.3 Å². The van der Waals surface area contributed by atoms with Crippen LogP contribution in [0, 0.1) is 6.92 Å². The highest BCUT2D eigenvalue weighted by Gasteiger charge is 2.14. The van der Waals surface area contributed by atoms with E-state index < -0.39 is 0 Å². The third-order valence-corrected chi connectivity index (χ3v) is 3.70. The molecule has 16 heavy (non-hydrogen) atoms. The second-order valence-electron chi connectivity index (χ2n) is 3.47. The Morgan fingerprint density at radius 1 is 1.19 bits per heavy atom. The number of thiazole rings is 1. The minimum atomic E-state index is 0. The third-order valence-electron chi connectivity index (χ3n) is 2.51. The summed E-state index contributed by atoms with van der Waals surface area (Å²) in [5, 5.41) is 3.44. The summed E-state index contributed by atoms with van der Waals surface area (Å²) in [6.07, 6.45) is 0. The predicted octanol–water partition coefficient (Wildman–Crippen LogP) is -0.439. The van der Waals surface area contributed by atoms with Crippen LogP contribution in [0.4, 0.5) is 0 Å². The monoisotopic (exact) mass is 347 g/mol. The molecule has 4 heteroatoms. The van der Waals surface area contributed by atoms with Gasteiger partial charge in [0.05, 0.1) is 18.1 Å². The van der Waals surface area contributed by atoms with E-state index in [1.807, 2.05) is 12.1 Å². The van der Waals surface area contributed by atoms with Crippen molar-refractivity contribution in [2.75, 3.05) is 7.11 Å². The molecular weight excluding hydrogens is 333 g/mol. The third kappa shape index (κ3) is 2.55. The lowest BCUT2D eigenvalue weighted by Gasteiger charge is -1.99. The predicted molar refractivity (Wildman–Crippen MR) is 62.2 cm³/mol. The molecule has 0 aliphatic heterocycles. The largest absolute Gasteiger partial charge is 1.00 e. The summed E-state index contributed by atoms with van der Waals surface area (Å²) < 4.78 is 7.34. The molecule has 0 bridgehead atoms. The van der Waals surface area contributed by atoms with Crippen molar-refractivity contribution < 1.29 is 33.3 Å². The Bertz CT molecular complexity index is 464. The van der Waals surface area contributed by atoms with E-state index in [9.17, 15) is 0 Å². The molecule has 0 unspecified atom stereocenters. The molecule has 0 saturated carbocycles. The molecule has 0 spiro atoms. The molecular formula is C12H14INOS. The molecule has 0 fully saturated rings. The van der Waals surface area contributed by atoms with E-state index in [0.29, 0.717) is 0 Å². The molecule has 2 nitrogen and oxygen atoms in total. The van der Waals surface area contributed by atoms with Gasteiger partial charge in [-0.15, -0.1) is 0 Å². The first-order valence-electron chi connectivity index (χ1n) is 4.81. The molecule has 0 N–H and O–H groups in total. The van der Waals surface area contributed by atoms with Crippen LogP contribution in [0.3, 0.4) is 0 Å². The van der Waals surface area contributed by atoms with Gasteiger partial charge in [-0.1, -0.05) is 11.3 Å². The number of aryl methyl sites for hydroxylation is 1. The number of hydrogen-bond acceptors (Lipinski definition) is 2. The van der Waals surface area contributed by atoms with Gasteiger partial charge in [-0.05, 0) is 24.3 Å². The lowest BCUT2D eigenvalue weighted by atomic mass is 10.2. The van der Waals surface area contributed by atoms with E-state index in [0.717, 1.165) is 5.75 Å². The quantitative estimate of drug-likeness (QED) is 0.531. The zero-order valence-corrected chi connectivity index (χ0v) is 12.5. The molecule has 1 aromatic heterocycles. The highest BCUT2D eigenvalue weighted by atomic mass is 127. The maximum atomic E-state index is 5.14. The number of methoxy groups -OCH3 is 1. The Labute approximate surface area is 117 Å². The number of hydrogen-bond donors (Lipinski definition) is 0. The van der Waals surface area contributed by atoms with Crippen LogP contribution >= 0.6 is 11.3 Å². The Balaban J connectivity index is 0.00000128. The summed E-state index contributed by atoms with van der Waals surface area (Å²) in [5.41, 5.74) is 2.52. The highest BCUT2D eigenvalue weighted by molar-refractivity contribution is 7.12. The van der Waals surface area contributed by atoms with E-state index in [1.54, 1.807) is 18.4 Å². The van der Waals surface area contributed by atoms with Gasteiger partial charge in [0.2, 0.25) is 0 Å². The van der Waals surface area contributed by atoms with Gasteiger partial charge in [-0.2, -0.15) is 4.57 Å². The molecule has 1 heterocycles. The van der Waals surface area contributed by atoms with E-state index in [-0.39, 0.29) is 24.0 Å². The van der Waals surface area contributed by atoms with Crippen molar-refractivity contribution in [1.82, 2.24) is 0 Å². The normalized spacial score (nSPS) is 9.69. The van der Waals surface area contributed by atoms with E-state index >= 15 is 0 Å². The first-order chi connectivity index (χ1) is 7.22. The summed E-state index contributed by atoms with van der Waals surface area (Å²) in [4.78, 5) is 0. The summed E-state index contributed by atoms with van der Waals surface area (Å²) in [6, 6.07) is 8.16.